The van der Waals surface area contributed by atoms with Crippen molar-refractivity contribution in [3.05, 3.63) is 0 Å². The van der Waals surface area contributed by atoms with Gasteiger partial charge in [-0.2, -0.15) is 0 Å². The zero-order valence-corrected chi connectivity index (χ0v) is 5.99. The van der Waals surface area contributed by atoms with Gasteiger partial charge in [-0.1, -0.05) is 0 Å². The molecule has 0 aromatic heterocycles. The first-order chi connectivity index (χ1) is 4.95. The Morgan fingerprint density at radius 2 is 1.60 bits per heavy atom. The molecular weight excluding hydrogens is 126 g/mol. The van der Waals surface area contributed by atoms with Crippen LogP contribution in [0.15, 0.2) is 0 Å². The fourth-order valence-electron chi connectivity index (χ4n) is 2.75. The molecule has 4 unspecified atom stereocenters. The van der Waals surface area contributed by atoms with E-state index in [9.17, 15) is 0 Å². The maximum atomic E-state index is 5.78. The first-order valence-electron chi connectivity index (χ1n) is 4.24. The Morgan fingerprint density at radius 1 is 1.00 bits per heavy atom. The molecule has 0 amide bonds. The van der Waals surface area contributed by atoms with Crippen LogP contribution >= 0.6 is 0 Å². The van der Waals surface area contributed by atoms with Crippen molar-refractivity contribution in [3.63, 3.8) is 0 Å². The van der Waals surface area contributed by atoms with E-state index in [2.05, 4.69) is 5.32 Å². The summed E-state index contributed by atoms with van der Waals surface area (Å²) in [6.45, 7) is 2.18. The van der Waals surface area contributed by atoms with E-state index in [0.717, 1.165) is 24.9 Å². The van der Waals surface area contributed by atoms with Crippen LogP contribution in [0.1, 0.15) is 12.8 Å². The highest BCUT2D eigenvalue weighted by molar-refractivity contribution is 5.00. The molecule has 0 aromatic rings. The largest absolute Gasteiger partial charge is 0.374 e. The van der Waals surface area contributed by atoms with Crippen LogP contribution in [0.5, 0.6) is 0 Å². The van der Waals surface area contributed by atoms with Gasteiger partial charge in [0, 0.05) is 24.9 Å². The molecule has 0 aromatic carbocycles. The summed E-state index contributed by atoms with van der Waals surface area (Å²) < 4.78 is 5.78. The molecule has 3 heterocycles. The van der Waals surface area contributed by atoms with Gasteiger partial charge < -0.3 is 4.74 Å². The molecule has 55 valence electrons. The predicted molar refractivity (Wildman–Crippen MR) is 36.7 cm³/mol. The third-order valence-corrected chi connectivity index (χ3v) is 3.27. The molecule has 10 heavy (non-hydrogen) atoms. The SMILES string of the molecule is C1CC2OC1C1C[N]CC21. The van der Waals surface area contributed by atoms with Crippen LogP contribution in [-0.4, -0.2) is 25.3 Å². The Hall–Kier alpha value is -0.0800. The van der Waals surface area contributed by atoms with Crippen LogP contribution in [0, 0.1) is 11.8 Å². The van der Waals surface area contributed by atoms with Gasteiger partial charge in [-0.3, -0.25) is 0 Å². The van der Waals surface area contributed by atoms with Crippen LogP contribution < -0.4 is 5.32 Å². The normalized spacial score (nSPS) is 57.6. The minimum atomic E-state index is 0.598. The van der Waals surface area contributed by atoms with E-state index in [4.69, 9.17) is 4.74 Å². The Bertz CT molecular complexity index is 143. The highest BCUT2D eigenvalue weighted by atomic mass is 16.5. The van der Waals surface area contributed by atoms with E-state index in [1.165, 1.54) is 12.8 Å². The third-order valence-electron chi connectivity index (χ3n) is 3.27. The second kappa shape index (κ2) is 1.74. The zero-order valence-electron chi connectivity index (χ0n) is 5.99. The lowest BCUT2D eigenvalue weighted by Gasteiger charge is -2.18. The van der Waals surface area contributed by atoms with Crippen LogP contribution in [0.25, 0.3) is 0 Å². The lowest BCUT2D eigenvalue weighted by atomic mass is 9.82. The minimum absolute atomic E-state index is 0.598. The first-order valence-corrected chi connectivity index (χ1v) is 4.24. The van der Waals surface area contributed by atoms with Crippen LogP contribution in [0.3, 0.4) is 0 Å². The van der Waals surface area contributed by atoms with Crippen LogP contribution in [-0.2, 0) is 4.74 Å². The lowest BCUT2D eigenvalue weighted by Crippen LogP contribution is -2.24. The summed E-state index contributed by atoms with van der Waals surface area (Å²) in [4.78, 5) is 0. The van der Waals surface area contributed by atoms with Crippen molar-refractivity contribution in [1.29, 1.82) is 0 Å². The lowest BCUT2D eigenvalue weighted by molar-refractivity contribution is 0.0830. The molecule has 2 bridgehead atoms. The molecule has 1 radical (unpaired) electrons. The summed E-state index contributed by atoms with van der Waals surface area (Å²) in [6.07, 6.45) is 3.81. The van der Waals surface area contributed by atoms with Crippen molar-refractivity contribution >= 4 is 0 Å². The fourth-order valence-corrected chi connectivity index (χ4v) is 2.75. The average molecular weight is 138 g/mol. The van der Waals surface area contributed by atoms with E-state index >= 15 is 0 Å². The highest BCUT2D eigenvalue weighted by Gasteiger charge is 2.51. The van der Waals surface area contributed by atoms with Gasteiger partial charge in [0.2, 0.25) is 0 Å². The zero-order chi connectivity index (χ0) is 6.55. The standard InChI is InChI=1S/C8H12NO/c1-2-8-6-4-9-3-5(6)7(1)10-8/h5-8H,1-4H2. The van der Waals surface area contributed by atoms with Crippen molar-refractivity contribution in [1.82, 2.24) is 5.32 Å². The minimum Gasteiger partial charge on any atom is -0.374 e. The van der Waals surface area contributed by atoms with Crippen LogP contribution in [0.4, 0.5) is 0 Å². The molecule has 3 fully saturated rings. The maximum Gasteiger partial charge on any atom is 0.0625 e. The van der Waals surface area contributed by atoms with Gasteiger partial charge in [-0.25, -0.2) is 5.32 Å². The van der Waals surface area contributed by atoms with Crippen LogP contribution in [0.2, 0.25) is 0 Å². The molecule has 2 nitrogen and oxygen atoms in total. The number of ether oxygens (including phenoxy) is 1. The van der Waals surface area contributed by atoms with E-state index in [-0.39, 0.29) is 0 Å². The number of hydrogen-bond donors (Lipinski definition) is 0. The Labute approximate surface area is 60.9 Å². The van der Waals surface area contributed by atoms with E-state index in [1.54, 1.807) is 0 Å². The molecule has 3 saturated heterocycles. The third kappa shape index (κ3) is 0.523. The summed E-state index contributed by atoms with van der Waals surface area (Å²) in [5, 5.41) is 4.43. The van der Waals surface area contributed by atoms with E-state index in [0.29, 0.717) is 12.2 Å². The van der Waals surface area contributed by atoms with Gasteiger partial charge in [-0.15, -0.1) is 0 Å². The summed E-state index contributed by atoms with van der Waals surface area (Å²) >= 11 is 0. The Morgan fingerprint density at radius 3 is 2.20 bits per heavy atom. The van der Waals surface area contributed by atoms with Crippen molar-refractivity contribution in [2.45, 2.75) is 25.0 Å². The van der Waals surface area contributed by atoms with Gasteiger partial charge in [0.15, 0.2) is 0 Å². The molecular formula is C8H12NO. The first kappa shape index (κ1) is 5.56. The quantitative estimate of drug-likeness (QED) is 0.475. The van der Waals surface area contributed by atoms with Crippen molar-refractivity contribution in [2.24, 2.45) is 11.8 Å². The number of fused-ring (bicyclic) bond motifs is 5. The summed E-state index contributed by atoms with van der Waals surface area (Å²) in [5.41, 5.74) is 0. The second-order valence-corrected chi connectivity index (χ2v) is 3.71. The van der Waals surface area contributed by atoms with Gasteiger partial charge in [-0.05, 0) is 12.8 Å². The molecule has 0 N–H and O–H groups in total. The fraction of sp³-hybridized carbons (Fsp3) is 1.00. The predicted octanol–water partition coefficient (Wildman–Crippen LogP) is 0.398. The number of nitrogens with zero attached hydrogens (tertiary/aromatic N) is 1. The molecule has 3 aliphatic heterocycles. The van der Waals surface area contributed by atoms with Gasteiger partial charge in [0.1, 0.15) is 0 Å². The van der Waals surface area contributed by atoms with Crippen molar-refractivity contribution in [2.75, 3.05) is 13.1 Å². The highest BCUT2D eigenvalue weighted by Crippen LogP contribution is 2.45. The topological polar surface area (TPSA) is 23.3 Å². The summed E-state index contributed by atoms with van der Waals surface area (Å²) in [7, 11) is 0. The van der Waals surface area contributed by atoms with Crippen molar-refractivity contribution < 1.29 is 4.74 Å². The smallest absolute Gasteiger partial charge is 0.0625 e. The molecule has 4 atom stereocenters. The molecule has 2 heteroatoms. The van der Waals surface area contributed by atoms with E-state index < -0.39 is 0 Å². The summed E-state index contributed by atoms with van der Waals surface area (Å²) in [5.74, 6) is 1.64. The molecule has 3 rings (SSSR count). The second-order valence-electron chi connectivity index (χ2n) is 3.71. The molecule has 0 saturated carbocycles. The Balaban J connectivity index is 1.92. The summed E-state index contributed by atoms with van der Waals surface area (Å²) in [6, 6.07) is 0. The van der Waals surface area contributed by atoms with E-state index in [1.807, 2.05) is 0 Å². The van der Waals surface area contributed by atoms with Crippen molar-refractivity contribution in [3.8, 4) is 0 Å². The maximum absolute atomic E-state index is 5.78. The average Bonchev–Trinajstić information content (AvgIpc) is 2.60. The number of hydrogen-bond acceptors (Lipinski definition) is 1. The molecule has 3 aliphatic rings. The van der Waals surface area contributed by atoms with Gasteiger partial charge >= 0.3 is 0 Å². The molecule has 0 spiro atoms. The Kier molecular flexibility index (Phi) is 0.968. The number of rotatable bonds is 0. The molecule has 0 aliphatic carbocycles. The monoisotopic (exact) mass is 138 g/mol. The van der Waals surface area contributed by atoms with Gasteiger partial charge in [0.25, 0.3) is 0 Å². The van der Waals surface area contributed by atoms with Gasteiger partial charge in [0.05, 0.1) is 12.2 Å².